The summed E-state index contributed by atoms with van der Waals surface area (Å²) in [5.41, 5.74) is 5.78. The van der Waals surface area contributed by atoms with E-state index < -0.39 is 10.0 Å². The molecule has 1 aromatic heterocycles. The van der Waals surface area contributed by atoms with Gasteiger partial charge in [0.15, 0.2) is 5.82 Å². The number of hydrogen-bond donors (Lipinski definition) is 1. The number of sulfonamides is 1. The molecule has 2 heterocycles. The van der Waals surface area contributed by atoms with E-state index in [2.05, 4.69) is 5.10 Å². The van der Waals surface area contributed by atoms with Crippen LogP contribution in [0.1, 0.15) is 44.9 Å². The molecule has 118 valence electrons. The van der Waals surface area contributed by atoms with Gasteiger partial charge in [-0.05, 0) is 31.6 Å². The number of nitrogens with zero attached hydrogens (tertiary/aromatic N) is 3. The van der Waals surface area contributed by atoms with Crippen molar-refractivity contribution in [2.75, 3.05) is 12.3 Å². The number of aromatic nitrogens is 2. The average molecular weight is 312 g/mol. The Morgan fingerprint density at radius 3 is 2.52 bits per heavy atom. The van der Waals surface area contributed by atoms with E-state index >= 15 is 0 Å². The molecular formula is C14H24N4O2S. The van der Waals surface area contributed by atoms with Gasteiger partial charge < -0.3 is 5.73 Å². The highest BCUT2D eigenvalue weighted by atomic mass is 32.2. The molecule has 2 aliphatic rings. The smallest absolute Gasteiger partial charge is 0.248 e. The fourth-order valence-electron chi connectivity index (χ4n) is 3.86. The molecular weight excluding hydrogens is 288 g/mol. The molecule has 1 aromatic rings. The van der Waals surface area contributed by atoms with Crippen molar-refractivity contribution in [3.63, 3.8) is 0 Å². The summed E-state index contributed by atoms with van der Waals surface area (Å²) in [7, 11) is -1.83. The van der Waals surface area contributed by atoms with Gasteiger partial charge in [-0.2, -0.15) is 9.40 Å². The quantitative estimate of drug-likeness (QED) is 0.921. The second-order valence-electron chi connectivity index (χ2n) is 6.28. The molecule has 3 rings (SSSR count). The van der Waals surface area contributed by atoms with Gasteiger partial charge in [0.25, 0.3) is 0 Å². The maximum Gasteiger partial charge on any atom is 0.248 e. The van der Waals surface area contributed by atoms with Gasteiger partial charge in [0.2, 0.25) is 10.0 Å². The van der Waals surface area contributed by atoms with Gasteiger partial charge in [-0.15, -0.1) is 0 Å². The van der Waals surface area contributed by atoms with Crippen LogP contribution in [-0.4, -0.2) is 35.1 Å². The molecule has 2 fully saturated rings. The van der Waals surface area contributed by atoms with E-state index in [4.69, 9.17) is 5.73 Å². The lowest BCUT2D eigenvalue weighted by Crippen LogP contribution is -2.40. The monoisotopic (exact) mass is 312 g/mol. The summed E-state index contributed by atoms with van der Waals surface area (Å²) in [6, 6.07) is 0.148. The molecule has 7 heteroatoms. The second-order valence-corrected chi connectivity index (χ2v) is 8.13. The molecule has 0 bridgehead atoms. The molecule has 0 radical (unpaired) electrons. The zero-order valence-corrected chi connectivity index (χ0v) is 13.3. The minimum absolute atomic E-state index is 0.104. The van der Waals surface area contributed by atoms with Crippen molar-refractivity contribution < 1.29 is 8.42 Å². The van der Waals surface area contributed by atoms with Gasteiger partial charge >= 0.3 is 0 Å². The maximum absolute atomic E-state index is 12.9. The molecule has 0 spiro atoms. The Morgan fingerprint density at radius 1 is 1.19 bits per heavy atom. The zero-order valence-electron chi connectivity index (χ0n) is 12.5. The van der Waals surface area contributed by atoms with Crippen molar-refractivity contribution in [2.45, 2.75) is 55.9 Å². The molecule has 1 aliphatic heterocycles. The molecule has 1 unspecified atom stereocenters. The number of hydrogen-bond acceptors (Lipinski definition) is 4. The van der Waals surface area contributed by atoms with Crippen molar-refractivity contribution >= 4 is 15.8 Å². The van der Waals surface area contributed by atoms with Crippen molar-refractivity contribution in [1.82, 2.24) is 14.1 Å². The predicted octanol–water partition coefficient (Wildman–Crippen LogP) is 1.74. The average Bonchev–Trinajstić information content (AvgIpc) is 3.07. The summed E-state index contributed by atoms with van der Waals surface area (Å²) in [5, 5.41) is 3.97. The first-order chi connectivity index (χ1) is 10.00. The normalized spacial score (nSPS) is 25.5. The lowest BCUT2D eigenvalue weighted by Gasteiger charge is -2.33. The predicted molar refractivity (Wildman–Crippen MR) is 81.1 cm³/mol. The molecule has 1 atom stereocenters. The van der Waals surface area contributed by atoms with Gasteiger partial charge in [-0.25, -0.2) is 8.42 Å². The van der Waals surface area contributed by atoms with Gasteiger partial charge in [0.05, 0.1) is 0 Å². The Hall–Kier alpha value is -1.08. The van der Waals surface area contributed by atoms with Gasteiger partial charge in [-0.1, -0.05) is 19.3 Å². The van der Waals surface area contributed by atoms with Crippen LogP contribution in [0.5, 0.6) is 0 Å². The topological polar surface area (TPSA) is 81.2 Å². The van der Waals surface area contributed by atoms with E-state index in [1.807, 2.05) is 0 Å². The molecule has 0 amide bonds. The van der Waals surface area contributed by atoms with Gasteiger partial charge in [-0.3, -0.25) is 4.68 Å². The molecule has 0 aromatic carbocycles. The first-order valence-corrected chi connectivity index (χ1v) is 9.25. The first kappa shape index (κ1) is 14.8. The Labute approximate surface area is 126 Å². The Kier molecular flexibility index (Phi) is 3.96. The van der Waals surface area contributed by atoms with E-state index in [0.717, 1.165) is 25.7 Å². The summed E-state index contributed by atoms with van der Waals surface area (Å²) in [4.78, 5) is 0.160. The lowest BCUT2D eigenvalue weighted by molar-refractivity contribution is 0.226. The summed E-state index contributed by atoms with van der Waals surface area (Å²) >= 11 is 0. The van der Waals surface area contributed by atoms with E-state index in [1.54, 1.807) is 11.4 Å². The van der Waals surface area contributed by atoms with Crippen molar-refractivity contribution in [1.29, 1.82) is 0 Å². The van der Waals surface area contributed by atoms with E-state index in [-0.39, 0.29) is 16.8 Å². The lowest BCUT2D eigenvalue weighted by atomic mass is 9.83. The van der Waals surface area contributed by atoms with E-state index in [9.17, 15) is 8.42 Å². The minimum Gasteiger partial charge on any atom is -0.381 e. The van der Waals surface area contributed by atoms with Crippen LogP contribution >= 0.6 is 0 Å². The van der Waals surface area contributed by atoms with Gasteiger partial charge in [0, 0.05) is 25.8 Å². The minimum atomic E-state index is -3.52. The number of anilines is 1. The molecule has 6 nitrogen and oxygen atoms in total. The second kappa shape index (κ2) is 5.61. The molecule has 1 saturated heterocycles. The highest BCUT2D eigenvalue weighted by molar-refractivity contribution is 7.89. The fraction of sp³-hybridized carbons (Fsp3) is 0.786. The molecule has 2 N–H and O–H groups in total. The van der Waals surface area contributed by atoms with E-state index in [1.165, 1.54) is 30.1 Å². The van der Waals surface area contributed by atoms with Crippen LogP contribution in [0.15, 0.2) is 11.1 Å². The van der Waals surface area contributed by atoms with Crippen LogP contribution in [0.3, 0.4) is 0 Å². The Bertz CT molecular complexity index is 604. The van der Waals surface area contributed by atoms with Crippen LogP contribution in [0.25, 0.3) is 0 Å². The SMILES string of the molecule is Cn1cc(S(=O)(=O)N2CCCC2C2CCCCC2)c(N)n1. The number of nitrogens with two attached hydrogens (primary N) is 1. The van der Waals surface area contributed by atoms with Crippen molar-refractivity contribution in [3.8, 4) is 0 Å². The summed E-state index contributed by atoms with van der Waals surface area (Å²) in [5.74, 6) is 0.612. The highest BCUT2D eigenvalue weighted by Gasteiger charge is 2.41. The Balaban J connectivity index is 1.88. The summed E-state index contributed by atoms with van der Waals surface area (Å²) < 4.78 is 29.0. The molecule has 1 saturated carbocycles. The third kappa shape index (κ3) is 2.68. The summed E-state index contributed by atoms with van der Waals surface area (Å²) in [6.45, 7) is 0.609. The van der Waals surface area contributed by atoms with Crippen molar-refractivity contribution in [3.05, 3.63) is 6.20 Å². The first-order valence-electron chi connectivity index (χ1n) is 7.81. The maximum atomic E-state index is 12.9. The zero-order chi connectivity index (χ0) is 15.0. The van der Waals surface area contributed by atoms with E-state index in [0.29, 0.717) is 12.5 Å². The number of rotatable bonds is 3. The van der Waals surface area contributed by atoms with Crippen LogP contribution < -0.4 is 5.73 Å². The molecule has 1 aliphatic carbocycles. The number of aryl methyl sites for hydroxylation is 1. The van der Waals surface area contributed by atoms with Crippen LogP contribution in [0.4, 0.5) is 5.82 Å². The fourth-order valence-corrected chi connectivity index (χ4v) is 5.71. The Morgan fingerprint density at radius 2 is 1.90 bits per heavy atom. The highest BCUT2D eigenvalue weighted by Crippen LogP contribution is 2.37. The van der Waals surface area contributed by atoms with Crippen molar-refractivity contribution in [2.24, 2.45) is 13.0 Å². The third-order valence-corrected chi connectivity index (χ3v) is 6.79. The van der Waals surface area contributed by atoms with Crippen LogP contribution in [0, 0.1) is 5.92 Å². The van der Waals surface area contributed by atoms with Crippen LogP contribution in [-0.2, 0) is 17.1 Å². The molecule has 21 heavy (non-hydrogen) atoms. The van der Waals surface area contributed by atoms with Crippen LogP contribution in [0.2, 0.25) is 0 Å². The summed E-state index contributed by atoms with van der Waals surface area (Å²) in [6.07, 6.45) is 9.48. The number of nitrogen functional groups attached to an aromatic ring is 1. The standard InChI is InChI=1S/C14H24N4O2S/c1-17-10-13(14(15)16-17)21(19,20)18-9-5-8-12(18)11-6-3-2-4-7-11/h10-12H,2-9H2,1H3,(H2,15,16). The van der Waals surface area contributed by atoms with Gasteiger partial charge in [0.1, 0.15) is 4.90 Å². The third-order valence-electron chi connectivity index (χ3n) is 4.85. The largest absolute Gasteiger partial charge is 0.381 e.